The number of nitroso groups, excluding NO2 is 1. The second-order valence-corrected chi connectivity index (χ2v) is 7.87. The molecule has 5 rings (SSSR count). The Labute approximate surface area is 185 Å². The van der Waals surface area contributed by atoms with Crippen LogP contribution in [0.1, 0.15) is 11.1 Å². The van der Waals surface area contributed by atoms with Crippen molar-refractivity contribution in [1.82, 2.24) is 9.97 Å². The van der Waals surface area contributed by atoms with Crippen LogP contribution in [0.25, 0.3) is 11.3 Å². The molecule has 1 amide bonds. The first-order valence-corrected chi connectivity index (χ1v) is 10.7. The Morgan fingerprint density at radius 1 is 1.00 bits per heavy atom. The lowest BCUT2D eigenvalue weighted by Crippen LogP contribution is -2.38. The van der Waals surface area contributed by atoms with Crippen LogP contribution in [0.3, 0.4) is 0 Å². The van der Waals surface area contributed by atoms with Crippen molar-refractivity contribution in [3.05, 3.63) is 70.6 Å². The van der Waals surface area contributed by atoms with Gasteiger partial charge in [0.1, 0.15) is 11.5 Å². The average molecular weight is 429 g/mol. The molecule has 3 aromatic rings. The fraction of sp³-hybridized carbons (Fsp3) is 0.292. The van der Waals surface area contributed by atoms with E-state index < -0.39 is 0 Å². The molecular weight excluding hydrogens is 406 g/mol. The SMILES string of the molecule is O=Nc1cccc(-c2nc(N3CCOCC3)nc3c2CCN3C(=O)Cc2ccccc2)c1. The molecule has 0 aliphatic carbocycles. The van der Waals surface area contributed by atoms with E-state index in [0.29, 0.717) is 63.1 Å². The summed E-state index contributed by atoms with van der Waals surface area (Å²) in [5, 5.41) is 3.07. The van der Waals surface area contributed by atoms with Crippen molar-refractivity contribution >= 4 is 23.4 Å². The first-order valence-electron chi connectivity index (χ1n) is 10.7. The molecular formula is C24H23N5O3. The zero-order chi connectivity index (χ0) is 21.9. The first kappa shape index (κ1) is 20.3. The van der Waals surface area contributed by atoms with Crippen LogP contribution in [0.4, 0.5) is 17.5 Å². The number of aromatic nitrogens is 2. The first-order chi connectivity index (χ1) is 15.7. The minimum Gasteiger partial charge on any atom is -0.378 e. The Morgan fingerprint density at radius 2 is 1.81 bits per heavy atom. The molecule has 2 aliphatic rings. The lowest BCUT2D eigenvalue weighted by atomic mass is 10.0. The van der Waals surface area contributed by atoms with Crippen LogP contribution in [-0.2, 0) is 22.4 Å². The van der Waals surface area contributed by atoms with Gasteiger partial charge in [0, 0.05) is 30.8 Å². The van der Waals surface area contributed by atoms with Crippen LogP contribution in [0.15, 0.2) is 59.8 Å². The minimum absolute atomic E-state index is 0.0100. The van der Waals surface area contributed by atoms with Gasteiger partial charge in [0.15, 0.2) is 0 Å². The van der Waals surface area contributed by atoms with Crippen LogP contribution in [0.5, 0.6) is 0 Å². The van der Waals surface area contributed by atoms with Gasteiger partial charge in [-0.1, -0.05) is 42.5 Å². The van der Waals surface area contributed by atoms with Gasteiger partial charge in [0.2, 0.25) is 11.9 Å². The van der Waals surface area contributed by atoms with E-state index in [1.807, 2.05) is 36.4 Å². The molecule has 0 N–H and O–H groups in total. The number of amides is 1. The number of carbonyl (C=O) groups excluding carboxylic acids is 1. The van der Waals surface area contributed by atoms with Gasteiger partial charge in [-0.05, 0) is 29.3 Å². The number of rotatable bonds is 5. The van der Waals surface area contributed by atoms with Crippen molar-refractivity contribution in [2.75, 3.05) is 42.6 Å². The van der Waals surface area contributed by atoms with E-state index in [4.69, 9.17) is 14.7 Å². The van der Waals surface area contributed by atoms with Crippen LogP contribution >= 0.6 is 0 Å². The Morgan fingerprint density at radius 3 is 2.59 bits per heavy atom. The molecule has 0 spiro atoms. The van der Waals surface area contributed by atoms with Crippen molar-refractivity contribution < 1.29 is 9.53 Å². The summed E-state index contributed by atoms with van der Waals surface area (Å²) >= 11 is 0. The predicted molar refractivity (Wildman–Crippen MR) is 122 cm³/mol. The maximum atomic E-state index is 13.2. The Hall–Kier alpha value is -3.65. The third-order valence-electron chi connectivity index (χ3n) is 5.83. The largest absolute Gasteiger partial charge is 0.378 e. The maximum absolute atomic E-state index is 13.2. The fourth-order valence-electron chi connectivity index (χ4n) is 4.21. The number of hydrogen-bond donors (Lipinski definition) is 0. The Kier molecular flexibility index (Phi) is 5.60. The zero-order valence-corrected chi connectivity index (χ0v) is 17.6. The van der Waals surface area contributed by atoms with E-state index in [-0.39, 0.29) is 5.91 Å². The third-order valence-corrected chi connectivity index (χ3v) is 5.83. The summed E-state index contributed by atoms with van der Waals surface area (Å²) in [6, 6.07) is 16.8. The van der Waals surface area contributed by atoms with Crippen LogP contribution in [0.2, 0.25) is 0 Å². The molecule has 0 unspecified atom stereocenters. The second kappa shape index (κ2) is 8.84. The van der Waals surface area contributed by atoms with Crippen LogP contribution in [-0.4, -0.2) is 48.7 Å². The highest BCUT2D eigenvalue weighted by Crippen LogP contribution is 2.37. The molecule has 1 aromatic heterocycles. The van der Waals surface area contributed by atoms with E-state index in [2.05, 4.69) is 10.1 Å². The van der Waals surface area contributed by atoms with Gasteiger partial charge >= 0.3 is 0 Å². The van der Waals surface area contributed by atoms with E-state index in [9.17, 15) is 9.70 Å². The second-order valence-electron chi connectivity index (χ2n) is 7.87. The summed E-state index contributed by atoms with van der Waals surface area (Å²) in [6.07, 6.45) is 0.977. The summed E-state index contributed by atoms with van der Waals surface area (Å²) in [4.78, 5) is 37.8. The van der Waals surface area contributed by atoms with Gasteiger partial charge < -0.3 is 9.64 Å². The highest BCUT2D eigenvalue weighted by atomic mass is 16.5. The van der Waals surface area contributed by atoms with Gasteiger partial charge in [-0.15, -0.1) is 4.91 Å². The normalized spacial score (nSPS) is 15.5. The molecule has 8 heteroatoms. The number of fused-ring (bicyclic) bond motifs is 1. The van der Waals surface area contributed by atoms with Crippen molar-refractivity contribution in [2.45, 2.75) is 12.8 Å². The van der Waals surface area contributed by atoms with Gasteiger partial charge in [-0.2, -0.15) is 4.98 Å². The lowest BCUT2D eigenvalue weighted by Gasteiger charge is -2.28. The van der Waals surface area contributed by atoms with E-state index >= 15 is 0 Å². The molecule has 1 fully saturated rings. The predicted octanol–water partition coefficient (Wildman–Crippen LogP) is 3.51. The van der Waals surface area contributed by atoms with Gasteiger partial charge in [-0.25, -0.2) is 4.98 Å². The molecule has 0 saturated carbocycles. The molecule has 0 radical (unpaired) electrons. The monoisotopic (exact) mass is 429 g/mol. The molecule has 0 bridgehead atoms. The number of anilines is 2. The molecule has 32 heavy (non-hydrogen) atoms. The smallest absolute Gasteiger partial charge is 0.232 e. The summed E-state index contributed by atoms with van der Waals surface area (Å²) in [7, 11) is 0. The standard InChI is InChI=1S/C24H23N5O3/c30-21(15-17-5-2-1-3-6-17)29-10-9-20-22(18-7-4-8-19(16-18)27-31)25-24(26-23(20)29)28-11-13-32-14-12-28/h1-8,16H,9-15H2. The average Bonchev–Trinajstić information content (AvgIpc) is 3.29. The molecule has 2 aromatic carbocycles. The molecule has 2 aliphatic heterocycles. The summed E-state index contributed by atoms with van der Waals surface area (Å²) < 4.78 is 5.48. The zero-order valence-electron chi connectivity index (χ0n) is 17.6. The summed E-state index contributed by atoms with van der Waals surface area (Å²) in [5.74, 6) is 1.24. The quantitative estimate of drug-likeness (QED) is 0.577. The van der Waals surface area contributed by atoms with Gasteiger partial charge in [0.25, 0.3) is 0 Å². The fourth-order valence-corrected chi connectivity index (χ4v) is 4.21. The number of nitrogens with zero attached hydrogens (tertiary/aromatic N) is 5. The molecule has 0 atom stereocenters. The van der Waals surface area contributed by atoms with Crippen LogP contribution < -0.4 is 9.80 Å². The Bertz CT molecular complexity index is 1150. The third kappa shape index (κ3) is 3.97. The lowest BCUT2D eigenvalue weighted by molar-refractivity contribution is -0.117. The maximum Gasteiger partial charge on any atom is 0.232 e. The Balaban J connectivity index is 1.56. The highest BCUT2D eigenvalue weighted by Gasteiger charge is 2.31. The van der Waals surface area contributed by atoms with E-state index in [1.165, 1.54) is 0 Å². The topological polar surface area (TPSA) is 88.0 Å². The van der Waals surface area contributed by atoms with Crippen molar-refractivity contribution in [3.8, 4) is 11.3 Å². The number of ether oxygens (including phenoxy) is 1. The van der Waals surface area contributed by atoms with Crippen molar-refractivity contribution in [1.29, 1.82) is 0 Å². The van der Waals surface area contributed by atoms with Crippen molar-refractivity contribution in [3.63, 3.8) is 0 Å². The van der Waals surface area contributed by atoms with Gasteiger partial charge in [0.05, 0.1) is 25.3 Å². The summed E-state index contributed by atoms with van der Waals surface area (Å²) in [6.45, 7) is 3.15. The van der Waals surface area contributed by atoms with Gasteiger partial charge in [-0.3, -0.25) is 9.69 Å². The van der Waals surface area contributed by atoms with E-state index in [1.54, 1.807) is 23.1 Å². The minimum atomic E-state index is 0.0100. The number of hydrogen-bond acceptors (Lipinski definition) is 7. The number of carbonyl (C=O) groups is 1. The summed E-state index contributed by atoms with van der Waals surface area (Å²) in [5.41, 5.74) is 3.78. The molecule has 8 nitrogen and oxygen atoms in total. The molecule has 1 saturated heterocycles. The van der Waals surface area contributed by atoms with Crippen LogP contribution in [0, 0.1) is 4.91 Å². The number of morpholine rings is 1. The highest BCUT2D eigenvalue weighted by molar-refractivity contribution is 5.97. The molecule has 3 heterocycles. The number of benzene rings is 2. The molecule has 162 valence electrons. The van der Waals surface area contributed by atoms with E-state index in [0.717, 1.165) is 22.4 Å². The van der Waals surface area contributed by atoms with Crippen molar-refractivity contribution in [2.24, 2.45) is 5.18 Å².